The zero-order chi connectivity index (χ0) is 25.0. The Morgan fingerprint density at radius 1 is 1.03 bits per heavy atom. The van der Waals surface area contributed by atoms with Crippen molar-refractivity contribution in [2.75, 3.05) is 37.7 Å². The van der Waals surface area contributed by atoms with E-state index < -0.39 is 10.2 Å². The highest BCUT2D eigenvalue weighted by molar-refractivity contribution is 7.86. The molecule has 1 fully saturated rings. The fourth-order valence-electron chi connectivity index (χ4n) is 4.94. The predicted octanol–water partition coefficient (Wildman–Crippen LogP) is 2.96. The van der Waals surface area contributed by atoms with E-state index >= 15 is 0 Å². The standard InChI is InChI=1S/C27H29N5O3S/c28-17-23-8-9-27-25(15-23)20-32(36(33,34)31-11-13-35-14-12-31)26(16-22-5-2-1-3-6-22)21-30(27)19-24-7-4-10-29-18-24/h1-10,15,18,26H,11-14,16,19-21H2. The van der Waals surface area contributed by atoms with E-state index in [0.717, 1.165) is 22.4 Å². The molecule has 0 bridgehead atoms. The third-order valence-electron chi connectivity index (χ3n) is 6.72. The average molecular weight is 504 g/mol. The van der Waals surface area contributed by atoms with Gasteiger partial charge in [0.2, 0.25) is 0 Å². The van der Waals surface area contributed by atoms with Crippen molar-refractivity contribution in [1.82, 2.24) is 13.6 Å². The van der Waals surface area contributed by atoms with Crippen LogP contribution in [0.25, 0.3) is 0 Å². The van der Waals surface area contributed by atoms with Gasteiger partial charge in [0.05, 0.1) is 24.8 Å². The van der Waals surface area contributed by atoms with E-state index in [2.05, 4.69) is 16.0 Å². The Balaban J connectivity index is 1.58. The molecule has 2 aromatic carbocycles. The minimum absolute atomic E-state index is 0.200. The molecule has 2 aliphatic rings. The fraction of sp³-hybridized carbons (Fsp3) is 0.333. The molecule has 186 valence electrons. The first kappa shape index (κ1) is 24.4. The summed E-state index contributed by atoms with van der Waals surface area (Å²) < 4.78 is 36.6. The Morgan fingerprint density at radius 2 is 1.81 bits per heavy atom. The van der Waals surface area contributed by atoms with Crippen LogP contribution in [0.4, 0.5) is 5.69 Å². The number of anilines is 1. The lowest BCUT2D eigenvalue weighted by atomic mass is 10.1. The first-order chi connectivity index (χ1) is 17.5. The second-order valence-electron chi connectivity index (χ2n) is 9.11. The zero-order valence-electron chi connectivity index (χ0n) is 20.0. The minimum Gasteiger partial charge on any atom is -0.379 e. The number of aromatic nitrogens is 1. The van der Waals surface area contributed by atoms with Crippen LogP contribution in [0.15, 0.2) is 73.1 Å². The largest absolute Gasteiger partial charge is 0.379 e. The number of hydrogen-bond donors (Lipinski definition) is 0. The Kier molecular flexibility index (Phi) is 7.30. The van der Waals surface area contributed by atoms with Crippen LogP contribution in [0.5, 0.6) is 0 Å². The molecule has 0 spiro atoms. The van der Waals surface area contributed by atoms with Gasteiger partial charge in [-0.1, -0.05) is 36.4 Å². The molecule has 3 heterocycles. The highest BCUT2D eigenvalue weighted by Crippen LogP contribution is 2.33. The maximum absolute atomic E-state index is 14.0. The molecule has 1 aromatic heterocycles. The topological polar surface area (TPSA) is 89.8 Å². The number of hydrogen-bond acceptors (Lipinski definition) is 6. The lowest BCUT2D eigenvalue weighted by molar-refractivity contribution is 0.0690. The van der Waals surface area contributed by atoms with Crippen molar-refractivity contribution < 1.29 is 13.2 Å². The maximum Gasteiger partial charge on any atom is 0.282 e. The normalized spacial score (nSPS) is 19.3. The number of nitriles is 1. The van der Waals surface area contributed by atoms with Crippen LogP contribution in [-0.4, -0.2) is 60.9 Å². The van der Waals surface area contributed by atoms with Gasteiger partial charge in [-0.15, -0.1) is 0 Å². The molecular weight excluding hydrogens is 474 g/mol. The molecule has 0 aliphatic carbocycles. The van der Waals surface area contributed by atoms with Crippen LogP contribution in [-0.2, 0) is 34.5 Å². The van der Waals surface area contributed by atoms with Crippen molar-refractivity contribution in [3.63, 3.8) is 0 Å². The molecular formula is C27H29N5O3S. The van der Waals surface area contributed by atoms with E-state index in [0.29, 0.717) is 51.4 Å². The number of benzene rings is 2. The first-order valence-electron chi connectivity index (χ1n) is 12.1. The van der Waals surface area contributed by atoms with Crippen molar-refractivity contribution in [2.24, 2.45) is 0 Å². The third kappa shape index (κ3) is 5.27. The smallest absolute Gasteiger partial charge is 0.282 e. The first-order valence-corrected chi connectivity index (χ1v) is 13.5. The highest BCUT2D eigenvalue weighted by Gasteiger charge is 2.39. The fourth-order valence-corrected chi connectivity index (χ4v) is 6.67. The molecule has 36 heavy (non-hydrogen) atoms. The van der Waals surface area contributed by atoms with Gasteiger partial charge in [0.1, 0.15) is 0 Å². The molecule has 0 amide bonds. The van der Waals surface area contributed by atoms with Crippen molar-refractivity contribution in [1.29, 1.82) is 5.26 Å². The summed E-state index contributed by atoms with van der Waals surface area (Å²) in [4.78, 5) is 6.48. The number of ether oxygens (including phenoxy) is 1. The number of rotatable bonds is 6. The van der Waals surface area contributed by atoms with E-state index in [1.807, 2.05) is 60.8 Å². The van der Waals surface area contributed by atoms with Crippen LogP contribution >= 0.6 is 0 Å². The van der Waals surface area contributed by atoms with Crippen molar-refractivity contribution in [2.45, 2.75) is 25.6 Å². The van der Waals surface area contributed by atoms with E-state index in [-0.39, 0.29) is 12.6 Å². The average Bonchev–Trinajstić information content (AvgIpc) is 3.07. The van der Waals surface area contributed by atoms with Crippen molar-refractivity contribution in [3.05, 3.63) is 95.3 Å². The van der Waals surface area contributed by atoms with Gasteiger partial charge in [-0.3, -0.25) is 4.98 Å². The molecule has 1 atom stereocenters. The summed E-state index contributed by atoms with van der Waals surface area (Å²) in [6.07, 6.45) is 4.16. The van der Waals surface area contributed by atoms with E-state index in [9.17, 15) is 13.7 Å². The van der Waals surface area contributed by atoms with Gasteiger partial charge in [-0.05, 0) is 47.4 Å². The zero-order valence-corrected chi connectivity index (χ0v) is 20.8. The van der Waals surface area contributed by atoms with Gasteiger partial charge in [-0.25, -0.2) is 0 Å². The molecule has 0 radical (unpaired) electrons. The van der Waals surface area contributed by atoms with Crippen LogP contribution in [0.3, 0.4) is 0 Å². The predicted molar refractivity (Wildman–Crippen MR) is 137 cm³/mol. The monoisotopic (exact) mass is 503 g/mol. The van der Waals surface area contributed by atoms with Crippen LogP contribution in [0.2, 0.25) is 0 Å². The van der Waals surface area contributed by atoms with Gasteiger partial charge >= 0.3 is 0 Å². The summed E-state index contributed by atoms with van der Waals surface area (Å²) in [6, 6.07) is 21.4. The summed E-state index contributed by atoms with van der Waals surface area (Å²) in [5.74, 6) is 0. The molecule has 1 unspecified atom stereocenters. The minimum atomic E-state index is -3.77. The lowest BCUT2D eigenvalue weighted by Gasteiger charge is -2.36. The molecule has 3 aromatic rings. The lowest BCUT2D eigenvalue weighted by Crippen LogP contribution is -2.53. The van der Waals surface area contributed by atoms with Crippen LogP contribution < -0.4 is 4.90 Å². The van der Waals surface area contributed by atoms with Crippen molar-refractivity contribution in [3.8, 4) is 6.07 Å². The van der Waals surface area contributed by atoms with Gasteiger partial charge in [0, 0.05) is 56.8 Å². The van der Waals surface area contributed by atoms with E-state index in [1.165, 1.54) is 4.31 Å². The molecule has 0 saturated carbocycles. The quantitative estimate of drug-likeness (QED) is 0.514. The van der Waals surface area contributed by atoms with Crippen molar-refractivity contribution >= 4 is 15.9 Å². The van der Waals surface area contributed by atoms with Gasteiger partial charge < -0.3 is 9.64 Å². The third-order valence-corrected chi connectivity index (χ3v) is 8.75. The number of nitrogens with zero attached hydrogens (tertiary/aromatic N) is 5. The Labute approximate surface area is 212 Å². The highest BCUT2D eigenvalue weighted by atomic mass is 32.2. The number of morpholine rings is 1. The SMILES string of the molecule is N#Cc1ccc2c(c1)CN(S(=O)(=O)N1CCOCC1)C(Cc1ccccc1)CN2Cc1cccnc1. The Morgan fingerprint density at radius 3 is 2.53 bits per heavy atom. The summed E-state index contributed by atoms with van der Waals surface area (Å²) in [5.41, 5.74) is 4.40. The molecule has 9 heteroatoms. The molecule has 1 saturated heterocycles. The second-order valence-corrected chi connectivity index (χ2v) is 11.0. The summed E-state index contributed by atoms with van der Waals surface area (Å²) in [7, 11) is -3.77. The van der Waals surface area contributed by atoms with Gasteiger partial charge in [-0.2, -0.15) is 22.3 Å². The van der Waals surface area contributed by atoms with Gasteiger partial charge in [0.25, 0.3) is 10.2 Å². The molecule has 5 rings (SSSR count). The second kappa shape index (κ2) is 10.8. The van der Waals surface area contributed by atoms with E-state index in [4.69, 9.17) is 4.74 Å². The van der Waals surface area contributed by atoms with Crippen LogP contribution in [0, 0.1) is 11.3 Å². The van der Waals surface area contributed by atoms with Crippen LogP contribution in [0.1, 0.15) is 22.3 Å². The van der Waals surface area contributed by atoms with Gasteiger partial charge in [0.15, 0.2) is 0 Å². The summed E-state index contributed by atoms with van der Waals surface area (Å²) in [6.45, 7) is 2.74. The summed E-state index contributed by atoms with van der Waals surface area (Å²) >= 11 is 0. The number of fused-ring (bicyclic) bond motifs is 1. The number of pyridine rings is 1. The molecule has 2 aliphatic heterocycles. The Bertz CT molecular complexity index is 1320. The molecule has 0 N–H and O–H groups in total. The molecule has 8 nitrogen and oxygen atoms in total. The van der Waals surface area contributed by atoms with E-state index in [1.54, 1.807) is 16.6 Å². The Hall–Kier alpha value is -3.29. The summed E-state index contributed by atoms with van der Waals surface area (Å²) in [5, 5.41) is 9.56. The maximum atomic E-state index is 14.0.